The minimum Gasteiger partial charge on any atom is -0.506 e. The summed E-state index contributed by atoms with van der Waals surface area (Å²) in [5.74, 6) is -0.230. The van der Waals surface area contributed by atoms with Crippen molar-refractivity contribution in [2.24, 2.45) is 10.2 Å². The third-order valence-electron chi connectivity index (χ3n) is 4.30. The van der Waals surface area contributed by atoms with Gasteiger partial charge in [0.2, 0.25) is 0 Å². The Balaban J connectivity index is 2.21. The van der Waals surface area contributed by atoms with Gasteiger partial charge in [0.15, 0.2) is 5.75 Å². The first-order valence-corrected chi connectivity index (χ1v) is 9.72. The smallest absolute Gasteiger partial charge is 0.294 e. The van der Waals surface area contributed by atoms with Crippen LogP contribution in [0.5, 0.6) is 11.5 Å². The molecule has 146 valence electrons. The van der Waals surface area contributed by atoms with E-state index in [1.165, 1.54) is 12.1 Å². The van der Waals surface area contributed by atoms with Gasteiger partial charge in [0.1, 0.15) is 17.1 Å². The van der Waals surface area contributed by atoms with Crippen molar-refractivity contribution in [1.82, 2.24) is 0 Å². The maximum Gasteiger partial charge on any atom is 0.294 e. The van der Waals surface area contributed by atoms with Crippen LogP contribution in [0.2, 0.25) is 0 Å². The first-order valence-electron chi connectivity index (χ1n) is 8.28. The number of rotatable bonds is 4. The van der Waals surface area contributed by atoms with Crippen LogP contribution in [-0.2, 0) is 10.1 Å². The van der Waals surface area contributed by atoms with Crippen LogP contribution >= 0.6 is 0 Å². The highest BCUT2D eigenvalue weighted by Crippen LogP contribution is 2.43. The Morgan fingerprint density at radius 1 is 1.00 bits per heavy atom. The molecule has 0 radical (unpaired) electrons. The van der Waals surface area contributed by atoms with Gasteiger partial charge in [0.05, 0.1) is 4.90 Å². The predicted octanol–water partition coefficient (Wildman–Crippen LogP) is 4.57. The number of benzene rings is 3. The minimum atomic E-state index is -4.41. The molecule has 0 atom stereocenters. The normalized spacial score (nSPS) is 12.0. The molecule has 0 fully saturated rings. The number of hydrogen-bond donors (Lipinski definition) is 4. The van der Waals surface area contributed by atoms with Gasteiger partial charge in [-0.2, -0.15) is 8.42 Å². The molecule has 0 unspecified atom stereocenters. The van der Waals surface area contributed by atoms with Crippen molar-refractivity contribution in [3.63, 3.8) is 0 Å². The molecular weight excluding hydrogens is 382 g/mol. The zero-order valence-electron chi connectivity index (χ0n) is 15.4. The van der Waals surface area contributed by atoms with E-state index >= 15 is 0 Å². The number of nitrogens with zero attached hydrogens (tertiary/aromatic N) is 2. The van der Waals surface area contributed by atoms with E-state index < -0.39 is 10.1 Å². The van der Waals surface area contributed by atoms with Crippen LogP contribution in [0.4, 0.5) is 17.1 Å². The summed E-state index contributed by atoms with van der Waals surface area (Å²) in [7, 11) is -2.85. The second-order valence-electron chi connectivity index (χ2n) is 6.38. The Kier molecular flexibility index (Phi) is 4.97. The average Bonchev–Trinajstić information content (AvgIpc) is 2.61. The number of anilines is 1. The lowest BCUT2D eigenvalue weighted by atomic mass is 10.0. The Hall–Kier alpha value is -3.17. The number of hydrogen-bond acceptors (Lipinski definition) is 7. The molecule has 8 nitrogen and oxygen atoms in total. The Bertz CT molecular complexity index is 1220. The molecule has 0 aromatic heterocycles. The average molecular weight is 401 g/mol. The van der Waals surface area contributed by atoms with Crippen molar-refractivity contribution >= 4 is 38.0 Å². The molecule has 0 bridgehead atoms. The zero-order chi connectivity index (χ0) is 20.6. The number of phenols is 2. The molecule has 3 aromatic rings. The van der Waals surface area contributed by atoms with E-state index in [4.69, 9.17) is 0 Å². The van der Waals surface area contributed by atoms with Crippen molar-refractivity contribution < 1.29 is 23.2 Å². The van der Waals surface area contributed by atoms with Gasteiger partial charge in [-0.1, -0.05) is 6.07 Å². The fourth-order valence-electron chi connectivity index (χ4n) is 2.92. The molecule has 0 aliphatic rings. The van der Waals surface area contributed by atoms with Crippen LogP contribution in [0.15, 0.2) is 51.5 Å². The quantitative estimate of drug-likeness (QED) is 0.374. The van der Waals surface area contributed by atoms with Crippen LogP contribution in [-0.4, -0.2) is 30.2 Å². The van der Waals surface area contributed by atoms with E-state index in [0.29, 0.717) is 22.0 Å². The number of aromatic hydroxyl groups is 2. The fourth-order valence-corrected chi connectivity index (χ4v) is 3.46. The van der Waals surface area contributed by atoms with Crippen molar-refractivity contribution in [1.29, 1.82) is 0 Å². The summed E-state index contributed by atoms with van der Waals surface area (Å²) in [6, 6.07) is 9.06. The summed E-state index contributed by atoms with van der Waals surface area (Å²) in [5, 5.41) is 32.4. The van der Waals surface area contributed by atoms with Crippen molar-refractivity contribution in [2.45, 2.75) is 18.7 Å². The number of phenolic OH excluding ortho intramolecular Hbond substituents is 2. The summed E-state index contributed by atoms with van der Waals surface area (Å²) in [6.07, 6.45) is 0. The van der Waals surface area contributed by atoms with Crippen molar-refractivity contribution in [3.8, 4) is 11.5 Å². The third-order valence-corrected chi connectivity index (χ3v) is 5.14. The van der Waals surface area contributed by atoms with Crippen LogP contribution in [0.3, 0.4) is 0 Å². The molecule has 3 rings (SSSR count). The van der Waals surface area contributed by atoms with Gasteiger partial charge in [0, 0.05) is 18.1 Å². The Morgan fingerprint density at radius 3 is 2.32 bits per heavy atom. The van der Waals surface area contributed by atoms with E-state index in [0.717, 1.165) is 5.56 Å². The summed E-state index contributed by atoms with van der Waals surface area (Å²) in [6.45, 7) is 3.52. The SMILES string of the molecule is CNc1cc(S(=O)(=O)O)cc2cc(C)c(N=Nc3ccc(C)cc3O)c(O)c12. The first-order chi connectivity index (χ1) is 13.1. The molecule has 0 heterocycles. The van der Waals surface area contributed by atoms with Crippen molar-refractivity contribution in [3.05, 3.63) is 47.5 Å². The minimum absolute atomic E-state index is 0.0320. The highest BCUT2D eigenvalue weighted by Gasteiger charge is 2.18. The lowest BCUT2D eigenvalue weighted by Crippen LogP contribution is -2.00. The van der Waals surface area contributed by atoms with E-state index in [1.807, 2.05) is 6.92 Å². The molecule has 0 aliphatic carbocycles. The van der Waals surface area contributed by atoms with Crippen LogP contribution < -0.4 is 5.32 Å². The molecule has 0 aliphatic heterocycles. The van der Waals surface area contributed by atoms with Gasteiger partial charge in [-0.25, -0.2) is 0 Å². The summed E-state index contributed by atoms with van der Waals surface area (Å²) in [4.78, 5) is -0.290. The fraction of sp³-hybridized carbons (Fsp3) is 0.158. The highest BCUT2D eigenvalue weighted by atomic mass is 32.2. The molecule has 0 saturated carbocycles. The maximum atomic E-state index is 11.5. The maximum absolute atomic E-state index is 11.5. The molecule has 4 N–H and O–H groups in total. The number of fused-ring (bicyclic) bond motifs is 1. The summed E-state index contributed by atoms with van der Waals surface area (Å²) < 4.78 is 32.4. The third kappa shape index (κ3) is 3.62. The Labute approximate surface area is 161 Å². The van der Waals surface area contributed by atoms with Gasteiger partial charge in [-0.3, -0.25) is 4.55 Å². The van der Waals surface area contributed by atoms with Gasteiger partial charge >= 0.3 is 0 Å². The van der Waals surface area contributed by atoms with E-state index in [2.05, 4.69) is 15.5 Å². The number of aryl methyl sites for hydroxylation is 2. The second kappa shape index (κ2) is 7.10. The lowest BCUT2D eigenvalue weighted by molar-refractivity contribution is 0.475. The number of azo groups is 1. The second-order valence-corrected chi connectivity index (χ2v) is 7.80. The predicted molar refractivity (Wildman–Crippen MR) is 107 cm³/mol. The van der Waals surface area contributed by atoms with Gasteiger partial charge in [0.25, 0.3) is 10.1 Å². The molecule has 0 spiro atoms. The molecule has 0 amide bonds. The zero-order valence-corrected chi connectivity index (χ0v) is 16.2. The van der Waals surface area contributed by atoms with E-state index in [9.17, 15) is 23.2 Å². The van der Waals surface area contributed by atoms with E-state index in [1.54, 1.807) is 38.2 Å². The number of nitrogens with one attached hydrogen (secondary N) is 1. The topological polar surface area (TPSA) is 132 Å². The largest absolute Gasteiger partial charge is 0.506 e. The van der Waals surface area contributed by atoms with Crippen molar-refractivity contribution in [2.75, 3.05) is 12.4 Å². The van der Waals surface area contributed by atoms with Crippen LogP contribution in [0, 0.1) is 13.8 Å². The summed E-state index contributed by atoms with van der Waals surface area (Å²) in [5.41, 5.74) is 2.14. The highest BCUT2D eigenvalue weighted by molar-refractivity contribution is 7.85. The van der Waals surface area contributed by atoms with Gasteiger partial charge in [-0.15, -0.1) is 10.2 Å². The molecule has 3 aromatic carbocycles. The van der Waals surface area contributed by atoms with Crippen LogP contribution in [0.25, 0.3) is 10.8 Å². The van der Waals surface area contributed by atoms with Crippen LogP contribution in [0.1, 0.15) is 11.1 Å². The molecule has 9 heteroatoms. The standard InChI is InChI=1S/C19H19N3O5S/c1-10-4-5-14(16(23)6-10)21-22-18-11(2)7-12-8-13(28(25,26)27)9-15(20-3)17(12)19(18)24/h4-9,20,23-24H,1-3H3,(H,25,26,27). The molecule has 28 heavy (non-hydrogen) atoms. The first kappa shape index (κ1) is 19.6. The monoisotopic (exact) mass is 401 g/mol. The molecule has 0 saturated heterocycles. The lowest BCUT2D eigenvalue weighted by Gasteiger charge is -2.13. The van der Waals surface area contributed by atoms with Gasteiger partial charge < -0.3 is 15.5 Å². The van der Waals surface area contributed by atoms with Gasteiger partial charge in [-0.05, 0) is 60.7 Å². The Morgan fingerprint density at radius 2 is 1.71 bits per heavy atom. The van der Waals surface area contributed by atoms with E-state index in [-0.39, 0.29) is 27.8 Å². The summed E-state index contributed by atoms with van der Waals surface area (Å²) >= 11 is 0. The molecular formula is C19H19N3O5S.